The van der Waals surface area contributed by atoms with Crippen molar-refractivity contribution in [2.24, 2.45) is 11.3 Å². The fourth-order valence-electron chi connectivity index (χ4n) is 2.11. The SMILES string of the molecule is C[C@H](SC1=C(C#N)C(C)(C)[C@H](C#N)C(=O)N1)C(=O)N(C)C. The summed E-state index contributed by atoms with van der Waals surface area (Å²) in [7, 11) is 3.29. The first kappa shape index (κ1) is 17.1. The van der Waals surface area contributed by atoms with Crippen LogP contribution in [0, 0.1) is 34.0 Å². The molecule has 0 aliphatic carbocycles. The van der Waals surface area contributed by atoms with Crippen LogP contribution < -0.4 is 5.32 Å². The summed E-state index contributed by atoms with van der Waals surface area (Å²) in [5, 5.41) is 21.0. The van der Waals surface area contributed by atoms with Crippen molar-refractivity contribution in [1.82, 2.24) is 10.2 Å². The number of nitriles is 2. The van der Waals surface area contributed by atoms with Crippen molar-refractivity contribution in [1.29, 1.82) is 10.5 Å². The number of amides is 2. The minimum Gasteiger partial charge on any atom is -0.348 e. The summed E-state index contributed by atoms with van der Waals surface area (Å²) < 4.78 is 0. The number of nitrogens with zero attached hydrogens (tertiary/aromatic N) is 3. The van der Waals surface area contributed by atoms with Gasteiger partial charge >= 0.3 is 0 Å². The number of carbonyl (C=O) groups is 2. The van der Waals surface area contributed by atoms with E-state index in [4.69, 9.17) is 5.26 Å². The normalized spacial score (nSPS) is 21.9. The molecule has 112 valence electrons. The number of thioether (sulfide) groups is 1. The predicted octanol–water partition coefficient (Wildman–Crippen LogP) is 1.23. The number of carbonyl (C=O) groups excluding carboxylic acids is 2. The van der Waals surface area contributed by atoms with E-state index in [9.17, 15) is 14.9 Å². The molecule has 0 unspecified atom stereocenters. The highest BCUT2D eigenvalue weighted by molar-refractivity contribution is 8.04. The Morgan fingerprint density at radius 1 is 1.43 bits per heavy atom. The average Bonchev–Trinajstić information content (AvgIpc) is 2.37. The number of nitrogens with one attached hydrogen (secondary N) is 1. The first-order valence-corrected chi connectivity index (χ1v) is 7.28. The summed E-state index contributed by atoms with van der Waals surface area (Å²) in [5.41, 5.74) is -0.549. The molecule has 0 aromatic carbocycles. The Labute approximate surface area is 128 Å². The van der Waals surface area contributed by atoms with Crippen LogP contribution in [0.5, 0.6) is 0 Å². The van der Waals surface area contributed by atoms with Gasteiger partial charge < -0.3 is 10.2 Å². The molecule has 2 amide bonds. The van der Waals surface area contributed by atoms with Crippen molar-refractivity contribution in [2.75, 3.05) is 14.1 Å². The molecule has 2 atom stereocenters. The van der Waals surface area contributed by atoms with E-state index in [1.165, 1.54) is 4.90 Å². The second-order valence-corrected chi connectivity index (χ2v) is 6.93. The molecule has 1 N–H and O–H groups in total. The van der Waals surface area contributed by atoms with Gasteiger partial charge in [0.15, 0.2) is 0 Å². The van der Waals surface area contributed by atoms with Gasteiger partial charge in [-0.15, -0.1) is 0 Å². The summed E-state index contributed by atoms with van der Waals surface area (Å²) >= 11 is 1.13. The van der Waals surface area contributed by atoms with Crippen LogP contribution in [0.1, 0.15) is 20.8 Å². The number of hydrogen-bond donors (Lipinski definition) is 1. The van der Waals surface area contributed by atoms with Gasteiger partial charge in [0, 0.05) is 19.5 Å². The molecule has 0 aromatic heterocycles. The maximum Gasteiger partial charge on any atom is 0.243 e. The molecular weight excluding hydrogens is 288 g/mol. The van der Waals surface area contributed by atoms with E-state index < -0.39 is 22.5 Å². The number of rotatable bonds is 3. The summed E-state index contributed by atoms with van der Waals surface area (Å²) in [6, 6.07) is 4.01. The van der Waals surface area contributed by atoms with Crippen LogP contribution in [0.2, 0.25) is 0 Å². The van der Waals surface area contributed by atoms with Gasteiger partial charge in [-0.1, -0.05) is 25.6 Å². The third-order valence-electron chi connectivity index (χ3n) is 3.42. The van der Waals surface area contributed by atoms with Gasteiger partial charge in [-0.25, -0.2) is 0 Å². The number of allylic oxidation sites excluding steroid dienone is 1. The monoisotopic (exact) mass is 306 g/mol. The lowest BCUT2D eigenvalue weighted by Crippen LogP contribution is -2.45. The first-order chi connectivity index (χ1) is 9.66. The minimum absolute atomic E-state index is 0.112. The quantitative estimate of drug-likeness (QED) is 0.845. The second kappa shape index (κ2) is 6.19. The lowest BCUT2D eigenvalue weighted by molar-refractivity contribution is -0.128. The summed E-state index contributed by atoms with van der Waals surface area (Å²) in [6.07, 6.45) is 0. The highest BCUT2D eigenvalue weighted by atomic mass is 32.2. The van der Waals surface area contributed by atoms with E-state index in [0.717, 1.165) is 11.8 Å². The molecule has 1 aliphatic heterocycles. The van der Waals surface area contributed by atoms with Crippen molar-refractivity contribution in [3.05, 3.63) is 10.6 Å². The van der Waals surface area contributed by atoms with Crippen LogP contribution in [0.15, 0.2) is 10.6 Å². The van der Waals surface area contributed by atoms with Gasteiger partial charge in [-0.2, -0.15) is 10.5 Å². The van der Waals surface area contributed by atoms with E-state index in [1.807, 2.05) is 6.07 Å². The van der Waals surface area contributed by atoms with E-state index in [1.54, 1.807) is 34.9 Å². The fraction of sp³-hybridized carbons (Fsp3) is 0.571. The van der Waals surface area contributed by atoms with Gasteiger partial charge in [0.1, 0.15) is 5.92 Å². The molecule has 6 nitrogen and oxygen atoms in total. The van der Waals surface area contributed by atoms with Crippen LogP contribution in [-0.4, -0.2) is 36.1 Å². The first-order valence-electron chi connectivity index (χ1n) is 6.40. The van der Waals surface area contributed by atoms with Crippen molar-refractivity contribution < 1.29 is 9.59 Å². The van der Waals surface area contributed by atoms with Crippen molar-refractivity contribution in [3.8, 4) is 12.1 Å². The molecule has 21 heavy (non-hydrogen) atoms. The molecule has 0 bridgehead atoms. The summed E-state index contributed by atoms with van der Waals surface area (Å²) in [5.74, 6) is -1.47. The Morgan fingerprint density at radius 3 is 2.43 bits per heavy atom. The zero-order valence-electron chi connectivity index (χ0n) is 12.7. The maximum atomic E-state index is 12.0. The largest absolute Gasteiger partial charge is 0.348 e. The minimum atomic E-state index is -0.920. The maximum absolute atomic E-state index is 12.0. The van der Waals surface area contributed by atoms with Gasteiger partial charge in [-0.3, -0.25) is 9.59 Å². The van der Waals surface area contributed by atoms with E-state index in [-0.39, 0.29) is 5.91 Å². The van der Waals surface area contributed by atoms with Crippen molar-refractivity contribution in [2.45, 2.75) is 26.0 Å². The van der Waals surface area contributed by atoms with Gasteiger partial charge in [-0.05, 0) is 6.92 Å². The van der Waals surface area contributed by atoms with Crippen molar-refractivity contribution in [3.63, 3.8) is 0 Å². The smallest absolute Gasteiger partial charge is 0.243 e. The van der Waals surface area contributed by atoms with E-state index in [2.05, 4.69) is 11.4 Å². The molecule has 7 heteroatoms. The van der Waals surface area contributed by atoms with Gasteiger partial charge in [0.25, 0.3) is 0 Å². The molecule has 1 aliphatic rings. The lowest BCUT2D eigenvalue weighted by Gasteiger charge is -2.35. The molecule has 0 spiro atoms. The van der Waals surface area contributed by atoms with Crippen LogP contribution in [0.4, 0.5) is 0 Å². The molecule has 0 saturated carbocycles. The van der Waals surface area contributed by atoms with E-state index in [0.29, 0.717) is 10.6 Å². The Bertz CT molecular complexity index is 581. The van der Waals surface area contributed by atoms with E-state index >= 15 is 0 Å². The standard InChI is InChI=1S/C14H18N4O2S/c1-8(13(20)18(4)5)21-12-10(7-16)14(2,3)9(6-15)11(19)17-12/h8-9H,1-5H3,(H,17,19)/t8-,9+/m0/s1. The molecule has 0 saturated heterocycles. The second-order valence-electron chi connectivity index (χ2n) is 5.58. The topological polar surface area (TPSA) is 97.0 Å². The molecule has 1 heterocycles. The van der Waals surface area contributed by atoms with Crippen LogP contribution >= 0.6 is 11.8 Å². The van der Waals surface area contributed by atoms with Gasteiger partial charge in [0.05, 0.1) is 28.0 Å². The Balaban J connectivity index is 3.19. The van der Waals surface area contributed by atoms with Crippen LogP contribution in [-0.2, 0) is 9.59 Å². The summed E-state index contributed by atoms with van der Waals surface area (Å²) in [4.78, 5) is 25.4. The third-order valence-corrected chi connectivity index (χ3v) is 4.51. The van der Waals surface area contributed by atoms with Crippen molar-refractivity contribution >= 4 is 23.6 Å². The van der Waals surface area contributed by atoms with Gasteiger partial charge in [0.2, 0.25) is 11.8 Å². The molecule has 1 rings (SSSR count). The Kier molecular flexibility index (Phi) is 5.03. The summed E-state index contributed by atoms with van der Waals surface area (Å²) in [6.45, 7) is 5.10. The highest BCUT2D eigenvalue weighted by Crippen LogP contribution is 2.42. The molecule has 0 aromatic rings. The highest BCUT2D eigenvalue weighted by Gasteiger charge is 2.45. The van der Waals surface area contributed by atoms with Crippen LogP contribution in [0.25, 0.3) is 0 Å². The number of hydrogen-bond acceptors (Lipinski definition) is 5. The lowest BCUT2D eigenvalue weighted by atomic mass is 9.72. The molecule has 0 fully saturated rings. The average molecular weight is 306 g/mol. The third kappa shape index (κ3) is 3.20. The Hall–Kier alpha value is -1.99. The molecular formula is C14H18N4O2S. The predicted molar refractivity (Wildman–Crippen MR) is 79.4 cm³/mol. The zero-order chi connectivity index (χ0) is 16.4. The fourth-order valence-corrected chi connectivity index (χ4v) is 3.36. The molecule has 0 radical (unpaired) electrons. The zero-order valence-corrected chi connectivity index (χ0v) is 13.5. The van der Waals surface area contributed by atoms with Crippen LogP contribution in [0.3, 0.4) is 0 Å². The Morgan fingerprint density at radius 2 is 2.00 bits per heavy atom.